The van der Waals surface area contributed by atoms with Crippen molar-refractivity contribution in [1.29, 1.82) is 0 Å². The van der Waals surface area contributed by atoms with Gasteiger partial charge in [0.05, 0.1) is 6.67 Å². The molecule has 0 aromatic carbocycles. The minimum Gasteiger partial charge on any atom is -0.341 e. The molecule has 80 valence electrons. The Balaban J connectivity index is 4.16. The monoisotopic (exact) mass is 206 g/mol. The van der Waals surface area contributed by atoms with Crippen LogP contribution in [0, 0.1) is 0 Å². The fourth-order valence-corrected chi connectivity index (χ4v) is 0.660. The van der Waals surface area contributed by atoms with Gasteiger partial charge >= 0.3 is 5.97 Å². The Bertz CT molecular complexity index is 149. The van der Waals surface area contributed by atoms with Crippen LogP contribution < -0.4 is 0 Å². The lowest BCUT2D eigenvalue weighted by Crippen LogP contribution is -2.47. The third-order valence-corrected chi connectivity index (χ3v) is 1.38. The van der Waals surface area contributed by atoms with Crippen molar-refractivity contribution in [3.05, 3.63) is 0 Å². The Morgan fingerprint density at radius 3 is 1.85 bits per heavy atom. The van der Waals surface area contributed by atoms with Crippen LogP contribution in [0.4, 0.5) is 17.6 Å². The standard InChI is InChI=1S/C6H10F4O3/c7-2-1-3(8)4(9)5(10)6(11,12)13/h3-5,11-13H,1-2H2. The molecular weight excluding hydrogens is 196 g/mol. The van der Waals surface area contributed by atoms with Crippen LogP contribution in [0.25, 0.3) is 0 Å². The first-order valence-corrected chi connectivity index (χ1v) is 3.46. The Morgan fingerprint density at radius 1 is 1.08 bits per heavy atom. The molecule has 7 heteroatoms. The molecule has 0 aromatic heterocycles. The number of aliphatic hydroxyl groups is 3. The Labute approximate surface area is 71.6 Å². The quantitative estimate of drug-likeness (QED) is 0.438. The first-order chi connectivity index (χ1) is 5.80. The van der Waals surface area contributed by atoms with E-state index in [1.54, 1.807) is 0 Å². The average Bonchev–Trinajstić information content (AvgIpc) is 2.00. The van der Waals surface area contributed by atoms with Crippen molar-refractivity contribution in [2.75, 3.05) is 6.67 Å². The van der Waals surface area contributed by atoms with E-state index in [9.17, 15) is 17.6 Å². The molecule has 0 aliphatic carbocycles. The highest BCUT2D eigenvalue weighted by molar-refractivity contribution is 4.80. The molecule has 0 aliphatic heterocycles. The summed E-state index contributed by atoms with van der Waals surface area (Å²) in [5.41, 5.74) is 0. The third kappa shape index (κ3) is 3.88. The molecule has 0 amide bonds. The van der Waals surface area contributed by atoms with Gasteiger partial charge in [-0.2, -0.15) is 0 Å². The number of hydrogen-bond donors (Lipinski definition) is 3. The maximum Gasteiger partial charge on any atom is 0.311 e. The van der Waals surface area contributed by atoms with Crippen molar-refractivity contribution in [3.8, 4) is 0 Å². The summed E-state index contributed by atoms with van der Waals surface area (Å²) < 4.78 is 48.7. The smallest absolute Gasteiger partial charge is 0.311 e. The lowest BCUT2D eigenvalue weighted by Gasteiger charge is -2.23. The molecule has 3 N–H and O–H groups in total. The van der Waals surface area contributed by atoms with Crippen LogP contribution in [0.2, 0.25) is 0 Å². The van der Waals surface area contributed by atoms with Crippen molar-refractivity contribution in [2.24, 2.45) is 0 Å². The molecule has 0 saturated heterocycles. The fourth-order valence-electron chi connectivity index (χ4n) is 0.660. The van der Waals surface area contributed by atoms with Gasteiger partial charge in [-0.3, -0.25) is 4.39 Å². The molecule has 0 aliphatic rings. The Kier molecular flexibility index (Phi) is 4.58. The van der Waals surface area contributed by atoms with Crippen LogP contribution >= 0.6 is 0 Å². The molecular formula is C6H10F4O3. The molecule has 0 aromatic rings. The van der Waals surface area contributed by atoms with E-state index in [1.807, 2.05) is 0 Å². The first kappa shape index (κ1) is 12.6. The van der Waals surface area contributed by atoms with Crippen molar-refractivity contribution < 1.29 is 32.9 Å². The normalized spacial score (nSPS) is 19.6. The third-order valence-electron chi connectivity index (χ3n) is 1.38. The van der Waals surface area contributed by atoms with E-state index >= 15 is 0 Å². The zero-order valence-electron chi connectivity index (χ0n) is 6.50. The van der Waals surface area contributed by atoms with Crippen LogP contribution in [0.15, 0.2) is 0 Å². The zero-order valence-corrected chi connectivity index (χ0v) is 6.50. The van der Waals surface area contributed by atoms with E-state index in [0.29, 0.717) is 0 Å². The summed E-state index contributed by atoms with van der Waals surface area (Å²) in [5, 5.41) is 24.3. The van der Waals surface area contributed by atoms with Gasteiger partial charge in [-0.15, -0.1) is 0 Å². The lowest BCUT2D eigenvalue weighted by molar-refractivity contribution is -0.351. The number of rotatable bonds is 5. The maximum atomic E-state index is 12.5. The van der Waals surface area contributed by atoms with E-state index in [2.05, 4.69) is 0 Å². The molecule has 13 heavy (non-hydrogen) atoms. The maximum absolute atomic E-state index is 12.5. The molecule has 0 rings (SSSR count). The van der Waals surface area contributed by atoms with Gasteiger partial charge in [0.25, 0.3) is 0 Å². The van der Waals surface area contributed by atoms with Crippen LogP contribution in [0.5, 0.6) is 0 Å². The van der Waals surface area contributed by atoms with Crippen molar-refractivity contribution in [3.63, 3.8) is 0 Å². The second kappa shape index (κ2) is 4.73. The van der Waals surface area contributed by atoms with E-state index in [4.69, 9.17) is 15.3 Å². The van der Waals surface area contributed by atoms with Crippen molar-refractivity contribution in [2.45, 2.75) is 30.9 Å². The summed E-state index contributed by atoms with van der Waals surface area (Å²) >= 11 is 0. The SMILES string of the molecule is OC(O)(O)C(F)C(F)C(F)CCF. The molecule has 0 spiro atoms. The molecule has 3 nitrogen and oxygen atoms in total. The van der Waals surface area contributed by atoms with Gasteiger partial charge in [0, 0.05) is 6.42 Å². The molecule has 3 unspecified atom stereocenters. The highest BCUT2D eigenvalue weighted by Crippen LogP contribution is 2.21. The number of alkyl halides is 4. The second-order valence-corrected chi connectivity index (χ2v) is 2.53. The van der Waals surface area contributed by atoms with Gasteiger partial charge in [0.1, 0.15) is 6.17 Å². The lowest BCUT2D eigenvalue weighted by atomic mass is 10.1. The molecule has 0 heterocycles. The number of halogens is 4. The number of hydrogen-bond acceptors (Lipinski definition) is 3. The Hall–Kier alpha value is -0.400. The largest absolute Gasteiger partial charge is 0.341 e. The minimum atomic E-state index is -3.94. The predicted molar refractivity (Wildman–Crippen MR) is 34.7 cm³/mol. The second-order valence-electron chi connectivity index (χ2n) is 2.53. The van der Waals surface area contributed by atoms with E-state index in [0.717, 1.165) is 0 Å². The topological polar surface area (TPSA) is 60.7 Å². The molecule has 0 radical (unpaired) electrons. The van der Waals surface area contributed by atoms with Gasteiger partial charge in [0.2, 0.25) is 6.17 Å². The summed E-state index contributed by atoms with van der Waals surface area (Å²) in [7, 11) is 0. The van der Waals surface area contributed by atoms with Crippen LogP contribution in [0.1, 0.15) is 6.42 Å². The first-order valence-electron chi connectivity index (χ1n) is 3.46. The average molecular weight is 206 g/mol. The summed E-state index contributed by atoms with van der Waals surface area (Å²) in [6.45, 7) is -1.20. The fraction of sp³-hybridized carbons (Fsp3) is 1.00. The minimum absolute atomic E-state index is 0.905. The highest BCUT2D eigenvalue weighted by atomic mass is 19.2. The van der Waals surface area contributed by atoms with Gasteiger partial charge < -0.3 is 15.3 Å². The van der Waals surface area contributed by atoms with Gasteiger partial charge in [-0.05, 0) is 0 Å². The molecule has 0 fully saturated rings. The summed E-state index contributed by atoms with van der Waals surface area (Å²) in [5.74, 6) is -3.94. The molecule has 0 bridgehead atoms. The summed E-state index contributed by atoms with van der Waals surface area (Å²) in [4.78, 5) is 0. The van der Waals surface area contributed by atoms with Crippen molar-refractivity contribution in [1.82, 2.24) is 0 Å². The van der Waals surface area contributed by atoms with Crippen LogP contribution in [-0.4, -0.2) is 46.5 Å². The van der Waals surface area contributed by atoms with E-state index in [1.165, 1.54) is 0 Å². The van der Waals surface area contributed by atoms with Gasteiger partial charge in [0.15, 0.2) is 6.17 Å². The zero-order chi connectivity index (χ0) is 10.6. The highest BCUT2D eigenvalue weighted by Gasteiger charge is 2.43. The molecule has 0 saturated carbocycles. The van der Waals surface area contributed by atoms with Crippen LogP contribution in [-0.2, 0) is 0 Å². The van der Waals surface area contributed by atoms with Crippen LogP contribution in [0.3, 0.4) is 0 Å². The summed E-state index contributed by atoms with van der Waals surface area (Å²) in [6, 6.07) is 0. The van der Waals surface area contributed by atoms with Crippen molar-refractivity contribution >= 4 is 0 Å². The Morgan fingerprint density at radius 2 is 1.54 bits per heavy atom. The predicted octanol–water partition coefficient (Wildman–Crippen LogP) is -0.00900. The van der Waals surface area contributed by atoms with Gasteiger partial charge in [-0.1, -0.05) is 0 Å². The molecule has 3 atom stereocenters. The van der Waals surface area contributed by atoms with E-state index < -0.39 is 37.6 Å². The summed E-state index contributed by atoms with van der Waals surface area (Å²) in [6.07, 6.45) is -9.63. The van der Waals surface area contributed by atoms with Gasteiger partial charge in [-0.25, -0.2) is 13.2 Å². The van der Waals surface area contributed by atoms with E-state index in [-0.39, 0.29) is 0 Å².